The second-order valence-corrected chi connectivity index (χ2v) is 6.45. The molecule has 0 radical (unpaired) electrons. The van der Waals surface area contributed by atoms with Crippen LogP contribution in [0.3, 0.4) is 0 Å². The molecule has 0 amide bonds. The molecule has 0 saturated carbocycles. The van der Waals surface area contributed by atoms with E-state index in [0.717, 1.165) is 11.4 Å². The highest BCUT2D eigenvalue weighted by atomic mass is 32.2. The van der Waals surface area contributed by atoms with Gasteiger partial charge in [-0.25, -0.2) is 0 Å². The zero-order valence-electron chi connectivity index (χ0n) is 13.4. The lowest BCUT2D eigenvalue weighted by Gasteiger charge is -2.13. The van der Waals surface area contributed by atoms with Crippen LogP contribution in [0.15, 0.2) is 66.1 Å². The summed E-state index contributed by atoms with van der Waals surface area (Å²) in [5, 5.41) is 8.51. The van der Waals surface area contributed by atoms with Crippen molar-refractivity contribution < 1.29 is 9.53 Å². The zero-order valence-corrected chi connectivity index (χ0v) is 14.2. The van der Waals surface area contributed by atoms with E-state index in [1.807, 2.05) is 66.1 Å². The number of methoxy groups -OCH3 is 1. The smallest absolute Gasteiger partial charge is 0.196 e. The van der Waals surface area contributed by atoms with Crippen molar-refractivity contribution in [3.63, 3.8) is 0 Å². The van der Waals surface area contributed by atoms with Gasteiger partial charge in [0.1, 0.15) is 12.1 Å². The van der Waals surface area contributed by atoms with E-state index in [9.17, 15) is 4.79 Å². The van der Waals surface area contributed by atoms with Crippen LogP contribution in [0.25, 0.3) is 5.69 Å². The molecule has 0 saturated heterocycles. The quantitative estimate of drug-likeness (QED) is 0.507. The molecule has 24 heavy (non-hydrogen) atoms. The van der Waals surface area contributed by atoms with Crippen LogP contribution < -0.4 is 4.74 Å². The Hall–Kier alpha value is -2.60. The Morgan fingerprint density at radius 2 is 1.83 bits per heavy atom. The van der Waals surface area contributed by atoms with Gasteiger partial charge in [0.25, 0.3) is 0 Å². The number of nitrogens with zero attached hydrogens (tertiary/aromatic N) is 3. The fraction of sp³-hybridized carbons (Fsp3) is 0.167. The molecule has 122 valence electrons. The van der Waals surface area contributed by atoms with Gasteiger partial charge < -0.3 is 4.74 Å². The highest BCUT2D eigenvalue weighted by Gasteiger charge is 2.20. The molecule has 0 aliphatic carbocycles. The van der Waals surface area contributed by atoms with Gasteiger partial charge in [-0.15, -0.1) is 10.2 Å². The summed E-state index contributed by atoms with van der Waals surface area (Å²) in [4.78, 5) is 12.5. The van der Waals surface area contributed by atoms with E-state index in [4.69, 9.17) is 4.74 Å². The summed E-state index contributed by atoms with van der Waals surface area (Å²) in [5.41, 5.74) is 1.53. The maximum absolute atomic E-state index is 12.5. The lowest BCUT2D eigenvalue weighted by Crippen LogP contribution is -2.14. The number of ketones is 1. The molecule has 2 aromatic carbocycles. The molecule has 0 N–H and O–H groups in total. The Labute approximate surface area is 144 Å². The van der Waals surface area contributed by atoms with Crippen LogP contribution in [0.4, 0.5) is 0 Å². The number of rotatable bonds is 6. The number of benzene rings is 2. The average Bonchev–Trinajstić information content (AvgIpc) is 3.09. The van der Waals surface area contributed by atoms with Crippen molar-refractivity contribution in [1.29, 1.82) is 0 Å². The second kappa shape index (κ2) is 7.31. The summed E-state index contributed by atoms with van der Waals surface area (Å²) in [6.45, 7) is 1.88. The van der Waals surface area contributed by atoms with Crippen LogP contribution in [0.2, 0.25) is 0 Å². The Morgan fingerprint density at radius 3 is 2.58 bits per heavy atom. The molecule has 1 atom stereocenters. The lowest BCUT2D eigenvalue weighted by atomic mass is 10.1. The van der Waals surface area contributed by atoms with Gasteiger partial charge in [-0.1, -0.05) is 54.2 Å². The second-order valence-electron chi connectivity index (χ2n) is 5.15. The molecule has 5 nitrogen and oxygen atoms in total. The first kappa shape index (κ1) is 16.3. The minimum Gasteiger partial charge on any atom is -0.495 e. The predicted molar refractivity (Wildman–Crippen MR) is 94.0 cm³/mol. The number of hydrogen-bond acceptors (Lipinski definition) is 5. The Balaban J connectivity index is 1.85. The van der Waals surface area contributed by atoms with E-state index in [1.54, 1.807) is 13.4 Å². The van der Waals surface area contributed by atoms with Crippen molar-refractivity contribution in [2.75, 3.05) is 7.11 Å². The highest BCUT2D eigenvalue weighted by molar-refractivity contribution is 8.00. The molecule has 1 aromatic heterocycles. The van der Waals surface area contributed by atoms with Crippen LogP contribution in [0.5, 0.6) is 5.75 Å². The first-order valence-corrected chi connectivity index (χ1v) is 8.38. The molecular weight excluding hydrogens is 322 g/mol. The van der Waals surface area contributed by atoms with E-state index < -0.39 is 0 Å². The Kier molecular flexibility index (Phi) is 4.96. The molecule has 0 aliphatic rings. The average molecular weight is 339 g/mol. The van der Waals surface area contributed by atoms with Crippen molar-refractivity contribution in [2.24, 2.45) is 0 Å². The molecule has 3 rings (SSSR count). The fourth-order valence-electron chi connectivity index (χ4n) is 2.35. The van der Waals surface area contributed by atoms with Gasteiger partial charge in [0, 0.05) is 5.56 Å². The number of para-hydroxylation sites is 2. The van der Waals surface area contributed by atoms with Crippen molar-refractivity contribution >= 4 is 17.5 Å². The van der Waals surface area contributed by atoms with Gasteiger partial charge in [-0.3, -0.25) is 9.36 Å². The fourth-order valence-corrected chi connectivity index (χ4v) is 3.26. The molecular formula is C18H17N3O2S. The van der Waals surface area contributed by atoms with Gasteiger partial charge in [-0.05, 0) is 19.1 Å². The summed E-state index contributed by atoms with van der Waals surface area (Å²) in [5.74, 6) is 0.788. The first-order chi connectivity index (χ1) is 11.7. The highest BCUT2D eigenvalue weighted by Crippen LogP contribution is 2.29. The SMILES string of the molecule is COc1ccccc1-n1cnnc1SC(C)C(=O)c1ccccc1. The molecule has 0 aliphatic heterocycles. The van der Waals surface area contributed by atoms with Crippen molar-refractivity contribution in [1.82, 2.24) is 14.8 Å². The number of Topliss-reactive ketones (excluding diaryl/α,β-unsaturated/α-hetero) is 1. The number of aromatic nitrogens is 3. The topological polar surface area (TPSA) is 57.0 Å². The third kappa shape index (κ3) is 3.33. The lowest BCUT2D eigenvalue weighted by molar-refractivity contribution is 0.0994. The number of carbonyl (C=O) groups excluding carboxylic acids is 1. The van der Waals surface area contributed by atoms with Crippen molar-refractivity contribution in [2.45, 2.75) is 17.3 Å². The number of thioether (sulfide) groups is 1. The van der Waals surface area contributed by atoms with Gasteiger partial charge in [0.2, 0.25) is 0 Å². The van der Waals surface area contributed by atoms with E-state index in [2.05, 4.69) is 10.2 Å². The van der Waals surface area contributed by atoms with Crippen LogP contribution in [-0.2, 0) is 0 Å². The van der Waals surface area contributed by atoms with E-state index in [-0.39, 0.29) is 11.0 Å². The molecule has 1 unspecified atom stereocenters. The van der Waals surface area contributed by atoms with Crippen LogP contribution in [0, 0.1) is 0 Å². The van der Waals surface area contributed by atoms with Crippen LogP contribution in [0.1, 0.15) is 17.3 Å². The van der Waals surface area contributed by atoms with E-state index in [1.165, 1.54) is 11.8 Å². The zero-order chi connectivity index (χ0) is 16.9. The normalized spacial score (nSPS) is 11.9. The molecule has 3 aromatic rings. The maximum Gasteiger partial charge on any atom is 0.196 e. The summed E-state index contributed by atoms with van der Waals surface area (Å²) in [7, 11) is 1.62. The molecule has 6 heteroatoms. The van der Waals surface area contributed by atoms with Crippen LogP contribution in [-0.4, -0.2) is 32.9 Å². The predicted octanol–water partition coefficient (Wildman–Crippen LogP) is 3.64. The third-order valence-corrected chi connectivity index (χ3v) is 4.63. The summed E-state index contributed by atoms with van der Waals surface area (Å²) >= 11 is 1.38. The minimum absolute atomic E-state index is 0.0650. The number of hydrogen-bond donors (Lipinski definition) is 0. The Morgan fingerprint density at radius 1 is 1.12 bits per heavy atom. The number of carbonyl (C=O) groups is 1. The maximum atomic E-state index is 12.5. The molecule has 0 spiro atoms. The monoisotopic (exact) mass is 339 g/mol. The van der Waals surface area contributed by atoms with Gasteiger partial charge in [0.15, 0.2) is 10.9 Å². The Bertz CT molecular complexity index is 833. The molecule has 0 bridgehead atoms. The standard InChI is InChI=1S/C18H17N3O2S/c1-13(17(22)14-8-4-3-5-9-14)24-18-20-19-12-21(18)15-10-6-7-11-16(15)23-2/h3-13H,1-2H3. The largest absolute Gasteiger partial charge is 0.495 e. The van der Waals surface area contributed by atoms with Crippen molar-refractivity contribution in [3.05, 3.63) is 66.5 Å². The number of ether oxygens (including phenoxy) is 1. The van der Waals surface area contributed by atoms with Gasteiger partial charge in [0.05, 0.1) is 18.0 Å². The van der Waals surface area contributed by atoms with Crippen LogP contribution >= 0.6 is 11.8 Å². The minimum atomic E-state index is -0.273. The van der Waals surface area contributed by atoms with E-state index >= 15 is 0 Å². The van der Waals surface area contributed by atoms with Crippen molar-refractivity contribution in [3.8, 4) is 11.4 Å². The summed E-state index contributed by atoms with van der Waals surface area (Å²) in [6, 6.07) is 16.9. The van der Waals surface area contributed by atoms with E-state index in [0.29, 0.717) is 10.7 Å². The first-order valence-electron chi connectivity index (χ1n) is 7.50. The summed E-state index contributed by atoms with van der Waals surface area (Å²) < 4.78 is 7.22. The summed E-state index contributed by atoms with van der Waals surface area (Å²) in [6.07, 6.45) is 1.62. The van der Waals surface area contributed by atoms with Gasteiger partial charge >= 0.3 is 0 Å². The van der Waals surface area contributed by atoms with Gasteiger partial charge in [-0.2, -0.15) is 0 Å². The molecule has 0 fully saturated rings. The third-order valence-electron chi connectivity index (χ3n) is 3.57. The molecule has 1 heterocycles.